The predicted molar refractivity (Wildman–Crippen MR) is 135 cm³/mol. The molecular weight excluding hydrogens is 446 g/mol. The molecular formula is C27H31N3O5. The van der Waals surface area contributed by atoms with E-state index in [1.54, 1.807) is 41.8 Å². The maximum Gasteiger partial charge on any atom is 0.409 e. The van der Waals surface area contributed by atoms with Crippen LogP contribution in [0.3, 0.4) is 0 Å². The summed E-state index contributed by atoms with van der Waals surface area (Å²) >= 11 is 0. The highest BCUT2D eigenvalue weighted by molar-refractivity contribution is 6.01. The molecule has 1 saturated heterocycles. The Bertz CT molecular complexity index is 1260. The van der Waals surface area contributed by atoms with Gasteiger partial charge in [0, 0.05) is 48.2 Å². The maximum atomic E-state index is 13.3. The molecule has 8 heteroatoms. The van der Waals surface area contributed by atoms with Crippen LogP contribution < -0.4 is 15.6 Å². The fourth-order valence-corrected chi connectivity index (χ4v) is 4.60. The Morgan fingerprint density at radius 2 is 1.80 bits per heavy atom. The number of nitrogens with zero attached hydrogens (tertiary/aromatic N) is 2. The molecule has 3 aromatic rings. The van der Waals surface area contributed by atoms with Crippen molar-refractivity contribution in [3.8, 4) is 5.75 Å². The van der Waals surface area contributed by atoms with E-state index in [9.17, 15) is 14.4 Å². The molecule has 2 amide bonds. The number of likely N-dealkylation sites (tertiary alicyclic amines) is 1. The fourth-order valence-electron chi connectivity index (χ4n) is 4.60. The average Bonchev–Trinajstić information content (AvgIpc) is 2.88. The first-order chi connectivity index (χ1) is 17.0. The number of nitrogens with one attached hydrogen (secondary N) is 1. The van der Waals surface area contributed by atoms with Gasteiger partial charge in [-0.1, -0.05) is 24.3 Å². The van der Waals surface area contributed by atoms with E-state index in [2.05, 4.69) is 5.32 Å². The third-order valence-electron chi connectivity index (χ3n) is 6.44. The molecule has 1 aliphatic rings. The van der Waals surface area contributed by atoms with E-state index in [1.807, 2.05) is 36.4 Å². The van der Waals surface area contributed by atoms with Crippen LogP contribution in [0, 0.1) is 0 Å². The van der Waals surface area contributed by atoms with Gasteiger partial charge in [-0.25, -0.2) is 4.79 Å². The summed E-state index contributed by atoms with van der Waals surface area (Å²) in [6.45, 7) is 3.24. The molecule has 1 fully saturated rings. The molecule has 0 bridgehead atoms. The van der Waals surface area contributed by atoms with Crippen LogP contribution in [0.1, 0.15) is 37.8 Å². The number of fused-ring (bicyclic) bond motifs is 1. The molecule has 0 spiro atoms. The van der Waals surface area contributed by atoms with E-state index < -0.39 is 0 Å². The molecule has 2 aromatic carbocycles. The van der Waals surface area contributed by atoms with Gasteiger partial charge in [0.25, 0.3) is 5.56 Å². The zero-order valence-electron chi connectivity index (χ0n) is 20.2. The Labute approximate surface area is 204 Å². The number of hydrogen-bond donors (Lipinski definition) is 1. The van der Waals surface area contributed by atoms with Gasteiger partial charge in [0.15, 0.2) is 0 Å². The number of benzene rings is 2. The molecule has 1 N–H and O–H groups in total. The van der Waals surface area contributed by atoms with Gasteiger partial charge >= 0.3 is 6.09 Å². The minimum Gasteiger partial charge on any atom is -0.496 e. The van der Waals surface area contributed by atoms with Gasteiger partial charge in [-0.2, -0.15) is 0 Å². The summed E-state index contributed by atoms with van der Waals surface area (Å²) in [5, 5.41) is 4.23. The van der Waals surface area contributed by atoms with Gasteiger partial charge < -0.3 is 24.3 Å². The predicted octanol–water partition coefficient (Wildman–Crippen LogP) is 4.37. The van der Waals surface area contributed by atoms with Crippen LogP contribution in [0.15, 0.2) is 59.5 Å². The van der Waals surface area contributed by atoms with Gasteiger partial charge in [-0.3, -0.25) is 9.59 Å². The van der Waals surface area contributed by atoms with Crippen molar-refractivity contribution in [2.45, 2.75) is 38.6 Å². The van der Waals surface area contributed by atoms with Gasteiger partial charge in [-0.05, 0) is 56.0 Å². The smallest absolute Gasteiger partial charge is 0.409 e. The SMILES string of the molecule is CCOC(=O)N1CCC(n2ccc3c(NC(=O)CCc4ccccc4OC)cccc3c2=O)CC1. The highest BCUT2D eigenvalue weighted by atomic mass is 16.6. The second kappa shape index (κ2) is 11.1. The molecule has 8 nitrogen and oxygen atoms in total. The standard InChI is InChI=1S/C27H31N3O5/c1-3-35-27(33)29-16-13-20(14-17-29)30-18-15-21-22(26(30)32)8-6-9-23(21)28-25(31)12-11-19-7-4-5-10-24(19)34-2/h4-10,15,18,20H,3,11-14,16-17H2,1-2H3,(H,28,31). The number of aryl methyl sites for hydroxylation is 1. The molecule has 35 heavy (non-hydrogen) atoms. The van der Waals surface area contributed by atoms with Gasteiger partial charge in [0.05, 0.1) is 13.7 Å². The summed E-state index contributed by atoms with van der Waals surface area (Å²) in [5.74, 6) is 0.637. The van der Waals surface area contributed by atoms with Crippen molar-refractivity contribution < 1.29 is 19.1 Å². The Morgan fingerprint density at radius 1 is 1.03 bits per heavy atom. The number of carbonyl (C=O) groups excluding carboxylic acids is 2. The van der Waals surface area contributed by atoms with Crippen LogP contribution in [-0.4, -0.2) is 48.3 Å². The monoisotopic (exact) mass is 477 g/mol. The van der Waals surface area contributed by atoms with Crippen LogP contribution in [0.5, 0.6) is 5.75 Å². The van der Waals surface area contributed by atoms with Crippen molar-refractivity contribution >= 4 is 28.5 Å². The van der Waals surface area contributed by atoms with E-state index in [4.69, 9.17) is 9.47 Å². The molecule has 0 aliphatic carbocycles. The third-order valence-corrected chi connectivity index (χ3v) is 6.44. The van der Waals surface area contributed by atoms with Gasteiger partial charge in [-0.15, -0.1) is 0 Å². The largest absolute Gasteiger partial charge is 0.496 e. The number of para-hydroxylation sites is 1. The minimum atomic E-state index is -0.303. The summed E-state index contributed by atoms with van der Waals surface area (Å²) in [7, 11) is 1.62. The van der Waals surface area contributed by atoms with E-state index >= 15 is 0 Å². The van der Waals surface area contributed by atoms with E-state index in [0.717, 1.165) is 11.3 Å². The van der Waals surface area contributed by atoms with Crippen molar-refractivity contribution in [3.63, 3.8) is 0 Å². The summed E-state index contributed by atoms with van der Waals surface area (Å²) in [5.41, 5.74) is 1.50. The molecule has 1 aliphatic heterocycles. The Morgan fingerprint density at radius 3 is 2.54 bits per heavy atom. The molecule has 184 valence electrons. The number of amides is 2. The lowest BCUT2D eigenvalue weighted by molar-refractivity contribution is -0.116. The molecule has 1 aromatic heterocycles. The van der Waals surface area contributed by atoms with Crippen molar-refractivity contribution in [1.29, 1.82) is 0 Å². The number of pyridine rings is 1. The second-order valence-corrected chi connectivity index (χ2v) is 8.57. The topological polar surface area (TPSA) is 89.9 Å². The summed E-state index contributed by atoms with van der Waals surface area (Å²) in [6, 6.07) is 14.9. The quantitative estimate of drug-likeness (QED) is 0.546. The lowest BCUT2D eigenvalue weighted by atomic mass is 10.0. The Hall–Kier alpha value is -3.81. The zero-order chi connectivity index (χ0) is 24.8. The third kappa shape index (κ3) is 5.48. The fraction of sp³-hybridized carbons (Fsp3) is 0.370. The van der Waals surface area contributed by atoms with Crippen molar-refractivity contribution in [1.82, 2.24) is 9.47 Å². The Balaban J connectivity index is 1.46. The Kier molecular flexibility index (Phi) is 7.70. The molecule has 0 unspecified atom stereocenters. The number of anilines is 1. The molecule has 2 heterocycles. The number of hydrogen-bond acceptors (Lipinski definition) is 5. The normalized spacial score (nSPS) is 14.1. The minimum absolute atomic E-state index is 0.0108. The number of rotatable bonds is 7. The van der Waals surface area contributed by atoms with Crippen LogP contribution >= 0.6 is 0 Å². The number of piperidine rings is 1. The van der Waals surface area contributed by atoms with Crippen molar-refractivity contribution in [2.24, 2.45) is 0 Å². The first-order valence-corrected chi connectivity index (χ1v) is 12.0. The van der Waals surface area contributed by atoms with Crippen LogP contribution in [0.4, 0.5) is 10.5 Å². The first kappa shape index (κ1) is 24.3. The zero-order valence-corrected chi connectivity index (χ0v) is 20.2. The number of methoxy groups -OCH3 is 1. The number of aromatic nitrogens is 1. The summed E-state index contributed by atoms with van der Waals surface area (Å²) < 4.78 is 12.2. The molecule has 4 rings (SSSR count). The van der Waals surface area contributed by atoms with E-state index in [1.165, 1.54) is 0 Å². The van der Waals surface area contributed by atoms with Crippen LogP contribution in [-0.2, 0) is 16.0 Å². The summed E-state index contributed by atoms with van der Waals surface area (Å²) in [4.78, 5) is 39.6. The highest BCUT2D eigenvalue weighted by Crippen LogP contribution is 2.26. The van der Waals surface area contributed by atoms with E-state index in [0.29, 0.717) is 61.8 Å². The average molecular weight is 478 g/mol. The van der Waals surface area contributed by atoms with Crippen molar-refractivity contribution in [3.05, 3.63) is 70.6 Å². The molecule has 0 radical (unpaired) electrons. The molecule has 0 saturated carbocycles. The first-order valence-electron chi connectivity index (χ1n) is 12.0. The second-order valence-electron chi connectivity index (χ2n) is 8.57. The van der Waals surface area contributed by atoms with Gasteiger partial charge in [0.2, 0.25) is 5.91 Å². The highest BCUT2D eigenvalue weighted by Gasteiger charge is 2.25. The lowest BCUT2D eigenvalue weighted by Crippen LogP contribution is -2.41. The lowest BCUT2D eigenvalue weighted by Gasteiger charge is -2.32. The number of carbonyl (C=O) groups is 2. The molecule has 0 atom stereocenters. The van der Waals surface area contributed by atoms with Crippen LogP contribution in [0.2, 0.25) is 0 Å². The van der Waals surface area contributed by atoms with Crippen molar-refractivity contribution in [2.75, 3.05) is 32.1 Å². The summed E-state index contributed by atoms with van der Waals surface area (Å²) in [6.07, 6.45) is 3.71. The maximum absolute atomic E-state index is 13.3. The van der Waals surface area contributed by atoms with Crippen LogP contribution in [0.25, 0.3) is 10.8 Å². The van der Waals surface area contributed by atoms with Gasteiger partial charge in [0.1, 0.15) is 5.75 Å². The number of ether oxygens (including phenoxy) is 2. The van der Waals surface area contributed by atoms with E-state index in [-0.39, 0.29) is 23.6 Å².